The van der Waals surface area contributed by atoms with E-state index in [1.165, 1.54) is 6.07 Å². The minimum Gasteiger partial charge on any atom is -0.491 e. The molecule has 0 radical (unpaired) electrons. The maximum Gasteiger partial charge on any atom is 0.320 e. The van der Waals surface area contributed by atoms with E-state index in [1.54, 1.807) is 13.0 Å². The summed E-state index contributed by atoms with van der Waals surface area (Å²) in [6, 6.07) is 3.60. The van der Waals surface area contributed by atoms with Crippen LogP contribution >= 0.6 is 15.9 Å². The average Bonchev–Trinajstić information content (AvgIpc) is 2.59. The second kappa shape index (κ2) is 10.1. The Balaban J connectivity index is 1.87. The second-order valence-electron chi connectivity index (χ2n) is 8.89. The number of piperazine rings is 1. The van der Waals surface area contributed by atoms with Crippen molar-refractivity contribution in [2.24, 2.45) is 0 Å². The van der Waals surface area contributed by atoms with Gasteiger partial charge in [0.05, 0.1) is 15.9 Å². The number of nitro groups is 1. The molecule has 168 valence electrons. The SMILES string of the molecule is Cc1cc(OCCN2C[C@@H](C)N(CC(=O)OC(C)(C)C)[C@@H](C)C2)c(Br)cc1[N+](=O)[O-]. The van der Waals surface area contributed by atoms with E-state index in [0.29, 0.717) is 28.9 Å². The number of hydrogen-bond donors (Lipinski definition) is 0. The van der Waals surface area contributed by atoms with Crippen molar-refractivity contribution in [3.63, 3.8) is 0 Å². The van der Waals surface area contributed by atoms with Crippen molar-refractivity contribution in [1.29, 1.82) is 0 Å². The standard InChI is InChI=1S/C21H32BrN3O5/c1-14-9-19(17(22)10-18(14)25(27)28)29-8-7-23-11-15(2)24(16(3)12-23)13-20(26)30-21(4,5)6/h9-10,15-16H,7-8,11-13H2,1-6H3/t15-,16+. The molecule has 0 bridgehead atoms. The van der Waals surface area contributed by atoms with Gasteiger partial charge in [-0.3, -0.25) is 24.7 Å². The largest absolute Gasteiger partial charge is 0.491 e. The van der Waals surface area contributed by atoms with Crippen LogP contribution in [-0.2, 0) is 9.53 Å². The van der Waals surface area contributed by atoms with E-state index in [1.807, 2.05) is 20.8 Å². The Morgan fingerprint density at radius 1 is 1.27 bits per heavy atom. The highest BCUT2D eigenvalue weighted by molar-refractivity contribution is 9.10. The molecule has 0 spiro atoms. The van der Waals surface area contributed by atoms with Crippen LogP contribution in [0, 0.1) is 17.0 Å². The molecule has 30 heavy (non-hydrogen) atoms. The molecule has 1 aromatic rings. The lowest BCUT2D eigenvalue weighted by atomic mass is 10.1. The van der Waals surface area contributed by atoms with Crippen LogP contribution in [0.1, 0.15) is 40.2 Å². The maximum absolute atomic E-state index is 12.2. The van der Waals surface area contributed by atoms with Gasteiger partial charge in [-0.2, -0.15) is 0 Å². The van der Waals surface area contributed by atoms with Crippen molar-refractivity contribution in [3.8, 4) is 5.75 Å². The van der Waals surface area contributed by atoms with Crippen LogP contribution in [0.4, 0.5) is 5.69 Å². The Hall–Kier alpha value is -1.71. The van der Waals surface area contributed by atoms with Crippen LogP contribution in [0.25, 0.3) is 0 Å². The number of carbonyl (C=O) groups is 1. The maximum atomic E-state index is 12.2. The third-order valence-electron chi connectivity index (χ3n) is 5.02. The predicted octanol–water partition coefficient (Wildman–Crippen LogP) is 3.78. The zero-order valence-corrected chi connectivity index (χ0v) is 20.2. The normalized spacial score (nSPS) is 20.8. The predicted molar refractivity (Wildman–Crippen MR) is 119 cm³/mol. The summed E-state index contributed by atoms with van der Waals surface area (Å²) in [5.74, 6) is 0.402. The van der Waals surface area contributed by atoms with E-state index in [9.17, 15) is 14.9 Å². The van der Waals surface area contributed by atoms with Gasteiger partial charge >= 0.3 is 5.97 Å². The van der Waals surface area contributed by atoms with E-state index in [2.05, 4.69) is 39.6 Å². The first-order valence-corrected chi connectivity index (χ1v) is 10.9. The molecule has 1 aliphatic heterocycles. The number of nitro benzene ring substituents is 1. The van der Waals surface area contributed by atoms with Crippen LogP contribution in [0.2, 0.25) is 0 Å². The lowest BCUT2D eigenvalue weighted by molar-refractivity contribution is -0.385. The lowest BCUT2D eigenvalue weighted by Gasteiger charge is -2.44. The summed E-state index contributed by atoms with van der Waals surface area (Å²) in [5, 5.41) is 11.0. The summed E-state index contributed by atoms with van der Waals surface area (Å²) in [6.45, 7) is 14.7. The van der Waals surface area contributed by atoms with Crippen LogP contribution < -0.4 is 4.74 Å². The van der Waals surface area contributed by atoms with E-state index < -0.39 is 10.5 Å². The summed E-state index contributed by atoms with van der Waals surface area (Å²) in [5.41, 5.74) is 0.155. The molecule has 0 saturated carbocycles. The highest BCUT2D eigenvalue weighted by Gasteiger charge is 2.32. The first-order valence-electron chi connectivity index (χ1n) is 10.1. The molecule has 2 atom stereocenters. The molecule has 2 rings (SSSR count). The molecule has 1 heterocycles. The van der Waals surface area contributed by atoms with Crippen LogP contribution in [-0.4, -0.2) is 71.2 Å². The number of esters is 1. The lowest BCUT2D eigenvalue weighted by Crippen LogP contribution is -2.58. The zero-order valence-electron chi connectivity index (χ0n) is 18.6. The topological polar surface area (TPSA) is 85.2 Å². The Morgan fingerprint density at radius 3 is 2.40 bits per heavy atom. The van der Waals surface area contributed by atoms with E-state index in [0.717, 1.165) is 19.6 Å². The molecular weight excluding hydrogens is 454 g/mol. The van der Waals surface area contributed by atoms with Gasteiger partial charge in [-0.1, -0.05) is 0 Å². The molecule has 1 saturated heterocycles. The molecule has 1 fully saturated rings. The van der Waals surface area contributed by atoms with Gasteiger partial charge in [-0.15, -0.1) is 0 Å². The quantitative estimate of drug-likeness (QED) is 0.330. The molecule has 9 heteroatoms. The van der Waals surface area contributed by atoms with Crippen molar-refractivity contribution in [3.05, 3.63) is 32.3 Å². The Kier molecular flexibility index (Phi) is 8.24. The summed E-state index contributed by atoms with van der Waals surface area (Å²) >= 11 is 3.35. The van der Waals surface area contributed by atoms with Crippen molar-refractivity contribution in [2.45, 2.75) is 59.2 Å². The molecule has 0 N–H and O–H groups in total. The van der Waals surface area contributed by atoms with E-state index >= 15 is 0 Å². The highest BCUT2D eigenvalue weighted by Crippen LogP contribution is 2.32. The summed E-state index contributed by atoms with van der Waals surface area (Å²) < 4.78 is 11.9. The molecule has 0 aromatic heterocycles. The summed E-state index contributed by atoms with van der Waals surface area (Å²) in [6.07, 6.45) is 0. The summed E-state index contributed by atoms with van der Waals surface area (Å²) in [4.78, 5) is 27.3. The van der Waals surface area contributed by atoms with Gasteiger partial charge in [0.1, 0.15) is 18.0 Å². The molecule has 0 unspecified atom stereocenters. The van der Waals surface area contributed by atoms with Crippen LogP contribution in [0.5, 0.6) is 5.75 Å². The Labute approximate surface area is 186 Å². The molecule has 1 aromatic carbocycles. The number of rotatable bonds is 7. The van der Waals surface area contributed by atoms with Crippen LogP contribution in [0.3, 0.4) is 0 Å². The third-order valence-corrected chi connectivity index (χ3v) is 5.64. The molecule has 8 nitrogen and oxygen atoms in total. The summed E-state index contributed by atoms with van der Waals surface area (Å²) in [7, 11) is 0. The first kappa shape index (κ1) is 24.6. The van der Waals surface area contributed by atoms with Crippen LogP contribution in [0.15, 0.2) is 16.6 Å². The number of hydrogen-bond acceptors (Lipinski definition) is 7. The molecular formula is C21H32BrN3O5. The van der Waals surface area contributed by atoms with Gasteiger partial charge in [0.2, 0.25) is 0 Å². The monoisotopic (exact) mass is 485 g/mol. The van der Waals surface area contributed by atoms with Crippen molar-refractivity contribution in [2.75, 3.05) is 32.8 Å². The second-order valence-corrected chi connectivity index (χ2v) is 9.75. The number of benzene rings is 1. The molecule has 1 aliphatic rings. The van der Waals surface area contributed by atoms with Gasteiger partial charge in [0, 0.05) is 43.3 Å². The number of carbonyl (C=O) groups excluding carboxylic acids is 1. The van der Waals surface area contributed by atoms with Gasteiger partial charge in [0.25, 0.3) is 5.69 Å². The fourth-order valence-corrected chi connectivity index (χ4v) is 4.17. The third kappa shape index (κ3) is 6.92. The van der Waals surface area contributed by atoms with E-state index in [-0.39, 0.29) is 23.7 Å². The van der Waals surface area contributed by atoms with Crippen molar-refractivity contribution < 1.29 is 19.2 Å². The smallest absolute Gasteiger partial charge is 0.320 e. The number of nitrogens with zero attached hydrogens (tertiary/aromatic N) is 3. The van der Waals surface area contributed by atoms with E-state index in [4.69, 9.17) is 9.47 Å². The van der Waals surface area contributed by atoms with Gasteiger partial charge in [0.15, 0.2) is 0 Å². The zero-order chi connectivity index (χ0) is 22.6. The fraction of sp³-hybridized carbons (Fsp3) is 0.667. The number of aryl methyl sites for hydroxylation is 1. The molecule has 0 aliphatic carbocycles. The minimum atomic E-state index is -0.479. The van der Waals surface area contributed by atoms with Gasteiger partial charge < -0.3 is 9.47 Å². The number of halogens is 1. The average molecular weight is 486 g/mol. The van der Waals surface area contributed by atoms with Gasteiger partial charge in [-0.25, -0.2) is 0 Å². The van der Waals surface area contributed by atoms with Crippen molar-refractivity contribution in [1.82, 2.24) is 9.80 Å². The number of ether oxygens (including phenoxy) is 2. The van der Waals surface area contributed by atoms with Crippen molar-refractivity contribution >= 4 is 27.6 Å². The first-order chi connectivity index (χ1) is 13.9. The highest BCUT2D eigenvalue weighted by atomic mass is 79.9. The van der Waals surface area contributed by atoms with Gasteiger partial charge in [-0.05, 0) is 63.5 Å². The fourth-order valence-electron chi connectivity index (χ4n) is 3.72. The Morgan fingerprint density at radius 2 is 1.87 bits per heavy atom. The molecule has 0 amide bonds. The minimum absolute atomic E-state index is 0.0676. The Bertz CT molecular complexity index is 769.